The number of carbonyl (C=O) groups is 2. The summed E-state index contributed by atoms with van der Waals surface area (Å²) in [5, 5.41) is 16.9. The number of hydrogen-bond acceptors (Lipinski definition) is 4. The van der Waals surface area contributed by atoms with Gasteiger partial charge in [-0.25, -0.2) is 5.43 Å². The van der Waals surface area contributed by atoms with Crippen molar-refractivity contribution in [2.45, 2.75) is 6.92 Å². The minimum absolute atomic E-state index is 0.0820. The fourth-order valence-corrected chi connectivity index (χ4v) is 3.15. The molecule has 3 N–H and O–H groups in total. The van der Waals surface area contributed by atoms with Gasteiger partial charge >= 0.3 is 0 Å². The molecule has 152 valence electrons. The Bertz CT molecular complexity index is 1130. The molecule has 0 aromatic heterocycles. The standard InChI is InChI=1S/C22H17Cl2N3O3/c1-13-4-2-3-5-18(13)22(30)26-17-8-6-14(7-9-17)21(29)27-25-12-15-10-16(23)11-19(24)20(15)28/h2-12,28H,1H3,(H,26,30)(H,27,29). The Balaban J connectivity index is 1.63. The van der Waals surface area contributed by atoms with Crippen LogP contribution in [0.15, 0.2) is 65.8 Å². The normalized spacial score (nSPS) is 10.8. The fourth-order valence-electron chi connectivity index (χ4n) is 2.64. The van der Waals surface area contributed by atoms with E-state index < -0.39 is 5.91 Å². The Labute approximate surface area is 183 Å². The van der Waals surface area contributed by atoms with E-state index in [2.05, 4.69) is 15.8 Å². The molecule has 0 aliphatic heterocycles. The molecule has 0 heterocycles. The Morgan fingerprint density at radius 1 is 1.00 bits per heavy atom. The smallest absolute Gasteiger partial charge is 0.271 e. The van der Waals surface area contributed by atoms with Crippen LogP contribution in [0.3, 0.4) is 0 Å². The van der Waals surface area contributed by atoms with Gasteiger partial charge in [-0.15, -0.1) is 0 Å². The highest BCUT2D eigenvalue weighted by atomic mass is 35.5. The van der Waals surface area contributed by atoms with Crippen molar-refractivity contribution in [3.05, 3.63) is 93.0 Å². The van der Waals surface area contributed by atoms with Crippen molar-refractivity contribution in [2.75, 3.05) is 5.32 Å². The highest BCUT2D eigenvalue weighted by Crippen LogP contribution is 2.29. The van der Waals surface area contributed by atoms with Crippen molar-refractivity contribution in [3.63, 3.8) is 0 Å². The zero-order valence-electron chi connectivity index (χ0n) is 15.8. The first kappa shape index (κ1) is 21.4. The molecule has 2 amide bonds. The number of phenolic OH excluding ortho intramolecular Hbond substituents is 1. The maximum absolute atomic E-state index is 12.4. The van der Waals surface area contributed by atoms with Crippen LogP contribution in [0.4, 0.5) is 5.69 Å². The van der Waals surface area contributed by atoms with Crippen LogP contribution in [0.25, 0.3) is 0 Å². The summed E-state index contributed by atoms with van der Waals surface area (Å²) >= 11 is 11.7. The first-order valence-electron chi connectivity index (χ1n) is 8.83. The average molecular weight is 442 g/mol. The van der Waals surface area contributed by atoms with Crippen molar-refractivity contribution < 1.29 is 14.7 Å². The van der Waals surface area contributed by atoms with Gasteiger partial charge < -0.3 is 10.4 Å². The van der Waals surface area contributed by atoms with E-state index in [4.69, 9.17) is 23.2 Å². The number of anilines is 1. The number of aryl methyl sites for hydroxylation is 1. The maximum Gasteiger partial charge on any atom is 0.271 e. The van der Waals surface area contributed by atoms with E-state index in [-0.39, 0.29) is 22.2 Å². The molecule has 0 spiro atoms. The molecule has 0 bridgehead atoms. The van der Waals surface area contributed by atoms with Crippen LogP contribution in [0, 0.1) is 6.92 Å². The molecule has 0 radical (unpaired) electrons. The van der Waals surface area contributed by atoms with Crippen molar-refractivity contribution in [1.82, 2.24) is 5.43 Å². The van der Waals surface area contributed by atoms with Gasteiger partial charge in [0.1, 0.15) is 5.75 Å². The van der Waals surface area contributed by atoms with Crippen LogP contribution in [-0.4, -0.2) is 23.1 Å². The number of nitrogens with one attached hydrogen (secondary N) is 2. The summed E-state index contributed by atoms with van der Waals surface area (Å²) in [6, 6.07) is 16.5. The number of aromatic hydroxyl groups is 1. The Hall–Kier alpha value is -3.35. The van der Waals surface area contributed by atoms with Crippen LogP contribution >= 0.6 is 23.2 Å². The van der Waals surface area contributed by atoms with E-state index in [1.807, 2.05) is 19.1 Å². The molecule has 0 saturated heterocycles. The second kappa shape index (κ2) is 9.43. The van der Waals surface area contributed by atoms with Gasteiger partial charge in [-0.3, -0.25) is 9.59 Å². The van der Waals surface area contributed by atoms with Crippen molar-refractivity contribution in [2.24, 2.45) is 5.10 Å². The number of amides is 2. The number of phenols is 1. The summed E-state index contributed by atoms with van der Waals surface area (Å²) in [6.45, 7) is 1.86. The van der Waals surface area contributed by atoms with E-state index >= 15 is 0 Å². The molecule has 30 heavy (non-hydrogen) atoms. The number of rotatable bonds is 5. The Morgan fingerprint density at radius 3 is 2.40 bits per heavy atom. The third kappa shape index (κ3) is 5.17. The average Bonchev–Trinajstić information content (AvgIpc) is 2.72. The first-order chi connectivity index (χ1) is 14.3. The first-order valence-corrected chi connectivity index (χ1v) is 9.59. The van der Waals surface area contributed by atoms with Gasteiger partial charge in [0.25, 0.3) is 11.8 Å². The summed E-state index contributed by atoms with van der Waals surface area (Å²) in [4.78, 5) is 24.6. The SMILES string of the molecule is Cc1ccccc1C(=O)Nc1ccc(C(=O)NN=Cc2cc(Cl)cc(Cl)c2O)cc1. The molecule has 0 aliphatic rings. The Kier molecular flexibility index (Phi) is 6.72. The molecule has 0 aliphatic carbocycles. The molecule has 3 aromatic rings. The lowest BCUT2D eigenvalue weighted by atomic mass is 10.1. The highest BCUT2D eigenvalue weighted by molar-refractivity contribution is 6.36. The number of hydrazone groups is 1. The molecule has 8 heteroatoms. The molecule has 3 rings (SSSR count). The van der Waals surface area contributed by atoms with E-state index in [1.165, 1.54) is 18.3 Å². The third-order valence-corrected chi connectivity index (χ3v) is 4.73. The van der Waals surface area contributed by atoms with Gasteiger partial charge in [0.2, 0.25) is 0 Å². The molecule has 3 aromatic carbocycles. The zero-order valence-corrected chi connectivity index (χ0v) is 17.3. The molecular formula is C22H17Cl2N3O3. The van der Waals surface area contributed by atoms with Gasteiger partial charge in [0, 0.05) is 27.4 Å². The molecular weight excluding hydrogens is 425 g/mol. The van der Waals surface area contributed by atoms with E-state index in [0.29, 0.717) is 21.8 Å². The second-order valence-corrected chi connectivity index (χ2v) is 7.21. The predicted molar refractivity (Wildman–Crippen MR) is 119 cm³/mol. The summed E-state index contributed by atoms with van der Waals surface area (Å²) in [5.41, 5.74) is 4.97. The van der Waals surface area contributed by atoms with Gasteiger partial charge in [-0.05, 0) is 55.0 Å². The Morgan fingerprint density at radius 2 is 1.70 bits per heavy atom. The van der Waals surface area contributed by atoms with Gasteiger partial charge in [0.05, 0.1) is 11.2 Å². The number of halogens is 2. The highest BCUT2D eigenvalue weighted by Gasteiger charge is 2.10. The zero-order chi connectivity index (χ0) is 21.7. The number of carbonyl (C=O) groups excluding carboxylic acids is 2. The second-order valence-electron chi connectivity index (χ2n) is 6.37. The van der Waals surface area contributed by atoms with Crippen LogP contribution in [0.5, 0.6) is 5.75 Å². The van der Waals surface area contributed by atoms with E-state index in [1.54, 1.807) is 36.4 Å². The van der Waals surface area contributed by atoms with Gasteiger partial charge in [-0.1, -0.05) is 41.4 Å². The molecule has 0 saturated carbocycles. The van der Waals surface area contributed by atoms with Crippen molar-refractivity contribution >= 4 is 46.9 Å². The summed E-state index contributed by atoms with van der Waals surface area (Å²) in [5.74, 6) is -0.877. The van der Waals surface area contributed by atoms with Crippen molar-refractivity contribution in [3.8, 4) is 5.75 Å². The lowest BCUT2D eigenvalue weighted by Crippen LogP contribution is -2.18. The number of hydrogen-bond donors (Lipinski definition) is 3. The lowest BCUT2D eigenvalue weighted by molar-refractivity contribution is 0.0954. The lowest BCUT2D eigenvalue weighted by Gasteiger charge is -2.08. The minimum Gasteiger partial charge on any atom is -0.506 e. The molecule has 0 fully saturated rings. The topological polar surface area (TPSA) is 90.8 Å². The maximum atomic E-state index is 12.4. The number of benzene rings is 3. The fraction of sp³-hybridized carbons (Fsp3) is 0.0455. The van der Waals surface area contributed by atoms with Crippen molar-refractivity contribution in [1.29, 1.82) is 0 Å². The third-order valence-electron chi connectivity index (χ3n) is 4.22. The monoisotopic (exact) mass is 441 g/mol. The summed E-state index contributed by atoms with van der Waals surface area (Å²) in [7, 11) is 0. The van der Waals surface area contributed by atoms with Crippen LogP contribution in [0.1, 0.15) is 31.8 Å². The van der Waals surface area contributed by atoms with Crippen LogP contribution in [-0.2, 0) is 0 Å². The van der Waals surface area contributed by atoms with Crippen LogP contribution < -0.4 is 10.7 Å². The summed E-state index contributed by atoms with van der Waals surface area (Å²) in [6.07, 6.45) is 1.24. The van der Waals surface area contributed by atoms with Crippen LogP contribution in [0.2, 0.25) is 10.0 Å². The molecule has 6 nitrogen and oxygen atoms in total. The summed E-state index contributed by atoms with van der Waals surface area (Å²) < 4.78 is 0. The largest absolute Gasteiger partial charge is 0.506 e. The van der Waals surface area contributed by atoms with Gasteiger partial charge in [-0.2, -0.15) is 5.10 Å². The molecule has 0 atom stereocenters. The molecule has 0 unspecified atom stereocenters. The predicted octanol–water partition coefficient (Wildman–Crippen LogP) is 5.02. The van der Waals surface area contributed by atoms with Gasteiger partial charge in [0.15, 0.2) is 0 Å². The quantitative estimate of drug-likeness (QED) is 0.383. The minimum atomic E-state index is -0.462. The van der Waals surface area contributed by atoms with E-state index in [0.717, 1.165) is 5.56 Å². The van der Waals surface area contributed by atoms with E-state index in [9.17, 15) is 14.7 Å². The number of nitrogens with zero attached hydrogens (tertiary/aromatic N) is 1.